The van der Waals surface area contributed by atoms with Crippen LogP contribution in [0.5, 0.6) is 0 Å². The van der Waals surface area contributed by atoms with E-state index in [0.29, 0.717) is 5.78 Å². The van der Waals surface area contributed by atoms with Crippen LogP contribution in [0.3, 0.4) is 0 Å². The third kappa shape index (κ3) is 17.5. The molecule has 0 saturated carbocycles. The van der Waals surface area contributed by atoms with E-state index in [-0.39, 0.29) is 0 Å². The molecule has 1 aliphatic heterocycles. The van der Waals surface area contributed by atoms with Gasteiger partial charge in [-0.3, -0.25) is 4.99 Å². The zero-order valence-electron chi connectivity index (χ0n) is 12.8. The number of nitrogens with zero attached hydrogens (tertiary/aromatic N) is 1. The molecule has 0 aromatic rings. The quantitative estimate of drug-likeness (QED) is 0.770. The summed E-state index contributed by atoms with van der Waals surface area (Å²) in [6, 6.07) is 0. The lowest BCUT2D eigenvalue weighted by Crippen LogP contribution is -2.09. The fourth-order valence-electron chi connectivity index (χ4n) is 1.52. The largest absolute Gasteiger partial charge is 0.387 e. The lowest BCUT2D eigenvalue weighted by atomic mass is 10.2. The van der Waals surface area contributed by atoms with Crippen LogP contribution in [-0.2, 0) is 4.79 Å². The third-order valence-electron chi connectivity index (χ3n) is 2.54. The fourth-order valence-corrected chi connectivity index (χ4v) is 1.52. The number of carbonyl (C=O) groups is 1. The summed E-state index contributed by atoms with van der Waals surface area (Å²) in [5.74, 6) is 1.17. The molecule has 3 heteroatoms. The average molecular weight is 256 g/mol. The summed E-state index contributed by atoms with van der Waals surface area (Å²) in [7, 11) is 0. The first-order valence-corrected chi connectivity index (χ1v) is 7.45. The maximum atomic E-state index is 10.3. The predicted molar refractivity (Wildman–Crippen MR) is 81.1 cm³/mol. The molecule has 1 rings (SSSR count). The SMILES string of the molecule is CC.CCCCCC(C)=O.NC1=NCCCCC1. The van der Waals surface area contributed by atoms with Crippen molar-refractivity contribution in [1.29, 1.82) is 0 Å². The molecule has 0 unspecified atom stereocenters. The van der Waals surface area contributed by atoms with Gasteiger partial charge in [0.05, 0.1) is 5.84 Å². The summed E-state index contributed by atoms with van der Waals surface area (Å²) >= 11 is 0. The molecule has 0 atom stereocenters. The number of rotatable bonds is 4. The van der Waals surface area contributed by atoms with E-state index in [0.717, 1.165) is 31.6 Å². The lowest BCUT2D eigenvalue weighted by Gasteiger charge is -1.90. The van der Waals surface area contributed by atoms with Crippen LogP contribution < -0.4 is 5.73 Å². The number of carbonyl (C=O) groups excluding carboxylic acids is 1. The van der Waals surface area contributed by atoms with Crippen molar-refractivity contribution < 1.29 is 4.79 Å². The topological polar surface area (TPSA) is 55.5 Å². The molecule has 0 amide bonds. The maximum Gasteiger partial charge on any atom is 0.129 e. The number of unbranched alkanes of at least 4 members (excludes halogenated alkanes) is 2. The summed E-state index contributed by atoms with van der Waals surface area (Å²) in [5, 5.41) is 0. The molecule has 0 spiro atoms. The second kappa shape index (κ2) is 16.1. The van der Waals surface area contributed by atoms with Gasteiger partial charge in [-0.05, 0) is 26.2 Å². The number of hydrogen-bond acceptors (Lipinski definition) is 3. The van der Waals surface area contributed by atoms with Crippen LogP contribution in [0.25, 0.3) is 0 Å². The number of nitrogens with two attached hydrogens (primary N) is 1. The average Bonchev–Trinajstić information content (AvgIpc) is 2.60. The second-order valence-electron chi connectivity index (χ2n) is 4.34. The highest BCUT2D eigenvalue weighted by molar-refractivity contribution is 5.80. The Morgan fingerprint density at radius 3 is 2.44 bits per heavy atom. The van der Waals surface area contributed by atoms with Crippen molar-refractivity contribution >= 4 is 11.6 Å². The highest BCUT2D eigenvalue weighted by Gasteiger charge is 1.97. The van der Waals surface area contributed by atoms with E-state index >= 15 is 0 Å². The van der Waals surface area contributed by atoms with Crippen molar-refractivity contribution in [3.8, 4) is 0 Å². The Hall–Kier alpha value is -0.860. The van der Waals surface area contributed by atoms with Gasteiger partial charge in [0.15, 0.2) is 0 Å². The molecule has 3 nitrogen and oxygen atoms in total. The van der Waals surface area contributed by atoms with E-state index in [1.54, 1.807) is 6.92 Å². The van der Waals surface area contributed by atoms with Crippen molar-refractivity contribution in [3.63, 3.8) is 0 Å². The highest BCUT2D eigenvalue weighted by atomic mass is 16.1. The molecule has 0 aliphatic carbocycles. The Morgan fingerprint density at radius 1 is 1.22 bits per heavy atom. The molecule has 1 aliphatic rings. The predicted octanol–water partition coefficient (Wildman–Crippen LogP) is 4.10. The number of aliphatic imine (C=N–C) groups is 1. The monoisotopic (exact) mass is 256 g/mol. The van der Waals surface area contributed by atoms with Crippen LogP contribution in [0.4, 0.5) is 0 Å². The molecular formula is C15H32N2O. The Balaban J connectivity index is 0. The first-order valence-electron chi connectivity index (χ1n) is 7.45. The molecule has 0 radical (unpaired) electrons. The van der Waals surface area contributed by atoms with E-state index in [1.807, 2.05) is 13.8 Å². The van der Waals surface area contributed by atoms with Crippen molar-refractivity contribution in [2.24, 2.45) is 10.7 Å². The van der Waals surface area contributed by atoms with Crippen LogP contribution in [-0.4, -0.2) is 18.2 Å². The molecule has 0 aromatic heterocycles. The summed E-state index contributed by atoms with van der Waals surface area (Å²) in [5.41, 5.74) is 5.48. The summed E-state index contributed by atoms with van der Waals surface area (Å²) in [6.07, 6.45) is 9.01. The zero-order valence-corrected chi connectivity index (χ0v) is 12.8. The van der Waals surface area contributed by atoms with Gasteiger partial charge in [-0.1, -0.05) is 40.0 Å². The minimum absolute atomic E-state index is 0.318. The van der Waals surface area contributed by atoms with Gasteiger partial charge in [0.1, 0.15) is 5.78 Å². The fraction of sp³-hybridized carbons (Fsp3) is 0.867. The molecule has 0 saturated heterocycles. The molecule has 1 heterocycles. The smallest absolute Gasteiger partial charge is 0.129 e. The van der Waals surface area contributed by atoms with E-state index in [1.165, 1.54) is 32.1 Å². The van der Waals surface area contributed by atoms with E-state index in [4.69, 9.17) is 5.73 Å². The molecule has 0 fully saturated rings. The van der Waals surface area contributed by atoms with Crippen LogP contribution in [0.2, 0.25) is 0 Å². The summed E-state index contributed by atoms with van der Waals surface area (Å²) in [6.45, 7) is 8.74. The summed E-state index contributed by atoms with van der Waals surface area (Å²) in [4.78, 5) is 14.4. The molecular weight excluding hydrogens is 224 g/mol. The van der Waals surface area contributed by atoms with Gasteiger partial charge in [-0.15, -0.1) is 0 Å². The van der Waals surface area contributed by atoms with Crippen molar-refractivity contribution in [2.75, 3.05) is 6.54 Å². The van der Waals surface area contributed by atoms with Crippen molar-refractivity contribution in [2.45, 2.75) is 79.1 Å². The maximum absolute atomic E-state index is 10.3. The minimum Gasteiger partial charge on any atom is -0.387 e. The first-order chi connectivity index (χ1) is 8.66. The van der Waals surface area contributed by atoms with Crippen LogP contribution >= 0.6 is 0 Å². The van der Waals surface area contributed by atoms with Gasteiger partial charge in [0.25, 0.3) is 0 Å². The molecule has 0 aromatic carbocycles. The summed E-state index contributed by atoms with van der Waals surface area (Å²) < 4.78 is 0. The number of amidine groups is 1. The van der Waals surface area contributed by atoms with E-state index in [9.17, 15) is 4.79 Å². The normalized spacial score (nSPS) is 14.1. The molecule has 0 bridgehead atoms. The number of ketones is 1. The molecule has 2 N–H and O–H groups in total. The number of hydrogen-bond donors (Lipinski definition) is 1. The van der Waals surface area contributed by atoms with Gasteiger partial charge >= 0.3 is 0 Å². The van der Waals surface area contributed by atoms with Gasteiger partial charge in [0, 0.05) is 19.4 Å². The van der Waals surface area contributed by atoms with E-state index < -0.39 is 0 Å². The van der Waals surface area contributed by atoms with Crippen LogP contribution in [0.1, 0.15) is 79.1 Å². The van der Waals surface area contributed by atoms with Gasteiger partial charge < -0.3 is 10.5 Å². The zero-order chi connectivity index (χ0) is 14.2. The molecule has 18 heavy (non-hydrogen) atoms. The Bertz CT molecular complexity index is 213. The van der Waals surface area contributed by atoms with Gasteiger partial charge in [-0.25, -0.2) is 0 Å². The van der Waals surface area contributed by atoms with E-state index in [2.05, 4.69) is 11.9 Å². The van der Waals surface area contributed by atoms with Gasteiger partial charge in [-0.2, -0.15) is 0 Å². The Kier molecular flexibility index (Phi) is 17.5. The van der Waals surface area contributed by atoms with Crippen LogP contribution in [0.15, 0.2) is 4.99 Å². The van der Waals surface area contributed by atoms with Crippen molar-refractivity contribution in [3.05, 3.63) is 0 Å². The minimum atomic E-state index is 0.318. The first kappa shape index (κ1) is 19.5. The van der Waals surface area contributed by atoms with Crippen molar-refractivity contribution in [1.82, 2.24) is 0 Å². The number of Topliss-reactive ketones (excluding diaryl/α,β-unsaturated/α-hetero) is 1. The Labute approximate surface area is 113 Å². The lowest BCUT2D eigenvalue weighted by molar-refractivity contribution is -0.117. The second-order valence-corrected chi connectivity index (χ2v) is 4.34. The highest BCUT2D eigenvalue weighted by Crippen LogP contribution is 2.04. The standard InChI is InChI=1S/C7H14O.C6H12N2.C2H6/c1-3-4-5-6-7(2)8;7-6-4-2-1-3-5-8-6;1-2/h3-6H2,1-2H3;1-5H2,(H2,7,8);1-2H3. The van der Waals surface area contributed by atoms with Gasteiger partial charge in [0.2, 0.25) is 0 Å². The third-order valence-corrected chi connectivity index (χ3v) is 2.54. The molecule has 108 valence electrons. The van der Waals surface area contributed by atoms with Crippen LogP contribution in [0, 0.1) is 0 Å². The Morgan fingerprint density at radius 2 is 1.89 bits per heavy atom.